The number of nitrogens with zero attached hydrogens (tertiary/aromatic N) is 3. The minimum absolute atomic E-state index is 0.0285. The van der Waals surface area contributed by atoms with Gasteiger partial charge in [-0.1, -0.05) is 42.8 Å². The van der Waals surface area contributed by atoms with Crippen molar-refractivity contribution >= 4 is 29.5 Å². The topological polar surface area (TPSA) is 141 Å². The lowest BCUT2D eigenvalue weighted by Gasteiger charge is -2.32. The summed E-state index contributed by atoms with van der Waals surface area (Å²) in [5.41, 5.74) is 8.23. The van der Waals surface area contributed by atoms with E-state index in [2.05, 4.69) is 25.8 Å². The number of rotatable bonds is 11. The number of fused-ring (bicyclic) bond motifs is 1. The number of primary amides is 1. The van der Waals surface area contributed by atoms with E-state index in [1.807, 2.05) is 55.5 Å². The van der Waals surface area contributed by atoms with Gasteiger partial charge in [-0.2, -0.15) is 0 Å². The van der Waals surface area contributed by atoms with Crippen molar-refractivity contribution < 1.29 is 19.1 Å². The van der Waals surface area contributed by atoms with Crippen LogP contribution in [0.1, 0.15) is 43.7 Å². The van der Waals surface area contributed by atoms with E-state index in [4.69, 9.17) is 10.5 Å². The van der Waals surface area contributed by atoms with Crippen LogP contribution in [0, 0.1) is 0 Å². The number of guanidine groups is 1. The summed E-state index contributed by atoms with van der Waals surface area (Å²) >= 11 is 0. The number of hydrogen-bond donors (Lipinski definition) is 4. The second-order valence-corrected chi connectivity index (χ2v) is 9.98. The first kappa shape index (κ1) is 28.9. The molecule has 0 saturated carbocycles. The predicted octanol–water partition coefficient (Wildman–Crippen LogP) is 2.23. The van der Waals surface area contributed by atoms with E-state index in [-0.39, 0.29) is 30.4 Å². The number of amides is 4. The van der Waals surface area contributed by atoms with E-state index >= 15 is 0 Å². The van der Waals surface area contributed by atoms with E-state index in [9.17, 15) is 14.4 Å². The number of benzene rings is 2. The van der Waals surface area contributed by atoms with Crippen molar-refractivity contribution in [1.82, 2.24) is 25.8 Å². The highest BCUT2D eigenvalue weighted by molar-refractivity contribution is 5.99. The third-order valence-electron chi connectivity index (χ3n) is 6.99. The minimum Gasteiger partial charge on any atom is -0.493 e. The molecule has 2 aromatic carbocycles. The number of aliphatic imine (C=N–C) groups is 1. The third kappa shape index (κ3) is 8.19. The Morgan fingerprint density at radius 3 is 2.55 bits per heavy atom. The molecule has 5 N–H and O–H groups in total. The number of nitrogens with two attached hydrogens (primary N) is 1. The van der Waals surface area contributed by atoms with Crippen LogP contribution in [0.2, 0.25) is 0 Å². The van der Waals surface area contributed by atoms with Crippen LogP contribution in [0.25, 0.3) is 0 Å². The number of urea groups is 1. The molecule has 11 nitrogen and oxygen atoms in total. The Hall–Kier alpha value is -4.12. The highest BCUT2D eigenvalue weighted by Gasteiger charge is 2.26. The maximum atomic E-state index is 12.8. The van der Waals surface area contributed by atoms with Crippen LogP contribution < -0.4 is 26.4 Å². The Morgan fingerprint density at radius 1 is 1.05 bits per heavy atom. The largest absolute Gasteiger partial charge is 0.493 e. The Morgan fingerprint density at radius 2 is 1.82 bits per heavy atom. The second kappa shape index (κ2) is 14.3. The summed E-state index contributed by atoms with van der Waals surface area (Å²) in [6.07, 6.45) is 3.84. The van der Waals surface area contributed by atoms with Crippen molar-refractivity contribution in [3.8, 4) is 5.75 Å². The van der Waals surface area contributed by atoms with E-state index < -0.39 is 6.03 Å². The van der Waals surface area contributed by atoms with Gasteiger partial charge in [-0.25, -0.2) is 9.79 Å². The molecule has 4 rings (SSSR count). The highest BCUT2D eigenvalue weighted by atomic mass is 16.5. The third-order valence-corrected chi connectivity index (χ3v) is 6.99. The first-order valence-electron chi connectivity index (χ1n) is 13.9. The summed E-state index contributed by atoms with van der Waals surface area (Å²) in [6.45, 7) is 5.20. The number of carbonyl (C=O) groups excluding carboxylic acids is 3. The average molecular weight is 550 g/mol. The lowest BCUT2D eigenvalue weighted by atomic mass is 10.1. The smallest absolute Gasteiger partial charge is 0.321 e. The number of carbonyl (C=O) groups is 3. The molecule has 2 aromatic rings. The van der Waals surface area contributed by atoms with Crippen molar-refractivity contribution in [2.45, 2.75) is 51.7 Å². The fourth-order valence-corrected chi connectivity index (χ4v) is 4.93. The molecule has 2 heterocycles. The van der Waals surface area contributed by atoms with Gasteiger partial charge in [0.25, 0.3) is 0 Å². The quantitative estimate of drug-likeness (QED) is 0.339. The van der Waals surface area contributed by atoms with Crippen molar-refractivity contribution in [3.05, 3.63) is 59.7 Å². The molecule has 1 saturated heterocycles. The lowest BCUT2D eigenvalue weighted by molar-refractivity contribution is -0.124. The number of nitrogens with one attached hydrogen (secondary N) is 3. The van der Waals surface area contributed by atoms with Crippen LogP contribution in [-0.2, 0) is 22.7 Å². The van der Waals surface area contributed by atoms with Gasteiger partial charge < -0.3 is 26.0 Å². The first-order chi connectivity index (χ1) is 19.4. The summed E-state index contributed by atoms with van der Waals surface area (Å²) in [6, 6.07) is 14.5. The molecule has 2 aliphatic heterocycles. The van der Waals surface area contributed by atoms with Crippen molar-refractivity contribution in [2.75, 3.05) is 32.8 Å². The highest BCUT2D eigenvalue weighted by Crippen LogP contribution is 2.30. The van der Waals surface area contributed by atoms with Gasteiger partial charge in [-0.05, 0) is 50.0 Å². The fourth-order valence-electron chi connectivity index (χ4n) is 4.93. The standard InChI is InChI=1S/C29H39N7O4/c1-2-31-29(39)34-28-33-24-17-23(40-16-13-25(27(30)38)35-14-7-4-8-15-35)12-11-22(24)19-36(28)20-26(37)32-18-21-9-5-3-6-10-21/h3,5-6,9-12,17,25H,2,4,7-8,13-16,18-20H2,1H3,(H2,30,38)(H,32,37)(H2,31,33,34,39). The number of likely N-dealkylation sites (tertiary alicyclic amines) is 1. The van der Waals surface area contributed by atoms with Gasteiger partial charge in [-0.15, -0.1) is 0 Å². The van der Waals surface area contributed by atoms with E-state index in [1.165, 1.54) is 6.42 Å². The second-order valence-electron chi connectivity index (χ2n) is 9.98. The van der Waals surface area contributed by atoms with Gasteiger partial charge in [0.2, 0.25) is 17.8 Å². The monoisotopic (exact) mass is 549 g/mol. The molecular formula is C29H39N7O4. The van der Waals surface area contributed by atoms with Gasteiger partial charge in [0.05, 0.1) is 18.3 Å². The van der Waals surface area contributed by atoms with Crippen LogP contribution in [0.15, 0.2) is 53.5 Å². The molecule has 0 spiro atoms. The van der Waals surface area contributed by atoms with Crippen molar-refractivity contribution in [3.63, 3.8) is 0 Å². The molecule has 2 aliphatic rings. The van der Waals surface area contributed by atoms with E-state index in [0.29, 0.717) is 44.1 Å². The van der Waals surface area contributed by atoms with Gasteiger partial charge in [0.1, 0.15) is 12.3 Å². The molecule has 1 atom stereocenters. The molecule has 1 fully saturated rings. The van der Waals surface area contributed by atoms with Crippen molar-refractivity contribution in [1.29, 1.82) is 0 Å². The molecule has 0 aromatic heterocycles. The van der Waals surface area contributed by atoms with E-state index in [0.717, 1.165) is 37.1 Å². The van der Waals surface area contributed by atoms with Gasteiger partial charge in [0, 0.05) is 32.1 Å². The fraction of sp³-hybridized carbons (Fsp3) is 0.448. The molecule has 11 heteroatoms. The van der Waals surface area contributed by atoms with Crippen LogP contribution in [0.5, 0.6) is 5.75 Å². The molecule has 0 radical (unpaired) electrons. The van der Waals surface area contributed by atoms with Gasteiger partial charge in [0.15, 0.2) is 0 Å². The summed E-state index contributed by atoms with van der Waals surface area (Å²) in [5, 5.41) is 8.39. The lowest BCUT2D eigenvalue weighted by Crippen LogP contribution is -2.51. The molecule has 1 unspecified atom stereocenters. The molecule has 214 valence electrons. The Labute approximate surface area is 235 Å². The Balaban J connectivity index is 1.40. The minimum atomic E-state index is -0.401. The van der Waals surface area contributed by atoms with Crippen LogP contribution in [-0.4, -0.2) is 72.4 Å². The predicted molar refractivity (Wildman–Crippen MR) is 153 cm³/mol. The zero-order valence-electron chi connectivity index (χ0n) is 23.0. The summed E-state index contributed by atoms with van der Waals surface area (Å²) < 4.78 is 5.98. The number of hydrogen-bond acceptors (Lipinski definition) is 7. The Bertz CT molecular complexity index is 1200. The summed E-state index contributed by atoms with van der Waals surface area (Å²) in [7, 11) is 0. The molecule has 40 heavy (non-hydrogen) atoms. The van der Waals surface area contributed by atoms with Gasteiger partial charge >= 0.3 is 6.03 Å². The molecular weight excluding hydrogens is 510 g/mol. The van der Waals surface area contributed by atoms with E-state index in [1.54, 1.807) is 4.90 Å². The van der Waals surface area contributed by atoms with Crippen LogP contribution in [0.4, 0.5) is 10.5 Å². The summed E-state index contributed by atoms with van der Waals surface area (Å²) in [4.78, 5) is 45.7. The van der Waals surface area contributed by atoms with Gasteiger partial charge in [-0.3, -0.25) is 19.8 Å². The molecule has 0 aliphatic carbocycles. The zero-order chi connectivity index (χ0) is 28.3. The zero-order valence-corrected chi connectivity index (χ0v) is 23.0. The maximum Gasteiger partial charge on any atom is 0.321 e. The first-order valence-corrected chi connectivity index (χ1v) is 13.9. The maximum absolute atomic E-state index is 12.8. The van der Waals surface area contributed by atoms with Crippen LogP contribution in [0.3, 0.4) is 0 Å². The SMILES string of the molecule is CCNC(=O)NC1=Nc2cc(OCCC(C(N)=O)N3CCCCC3)ccc2CN1CC(=O)NCc1ccccc1. The number of ether oxygens (including phenoxy) is 1. The van der Waals surface area contributed by atoms with Crippen LogP contribution >= 0.6 is 0 Å². The average Bonchev–Trinajstić information content (AvgIpc) is 2.95. The number of piperidine rings is 1. The van der Waals surface area contributed by atoms with Crippen molar-refractivity contribution in [2.24, 2.45) is 10.7 Å². The normalized spacial score (nSPS) is 15.8. The molecule has 4 amide bonds. The Kier molecular flexibility index (Phi) is 10.3. The summed E-state index contributed by atoms with van der Waals surface area (Å²) in [5.74, 6) is 0.380. The molecule has 0 bridgehead atoms.